The SMILES string of the molecule is CCCn1c(O)c(N=NC(=O)c2ccccc2N)c2ccccc21. The monoisotopic (exact) mass is 322 g/mol. The van der Waals surface area contributed by atoms with Crippen LogP contribution in [0.15, 0.2) is 58.8 Å². The van der Waals surface area contributed by atoms with Gasteiger partial charge in [0, 0.05) is 17.6 Å². The number of nitrogens with zero attached hydrogens (tertiary/aromatic N) is 3. The number of nitrogen functional groups attached to an aromatic ring is 1. The summed E-state index contributed by atoms with van der Waals surface area (Å²) >= 11 is 0. The van der Waals surface area contributed by atoms with Crippen LogP contribution in [0.2, 0.25) is 0 Å². The number of aromatic hydroxyl groups is 1. The lowest BCUT2D eigenvalue weighted by Gasteiger charge is -2.03. The maximum atomic E-state index is 12.2. The van der Waals surface area contributed by atoms with Crippen LogP contribution in [0.4, 0.5) is 11.4 Å². The lowest BCUT2D eigenvalue weighted by Crippen LogP contribution is -1.99. The van der Waals surface area contributed by atoms with Gasteiger partial charge in [-0.2, -0.15) is 0 Å². The topological polar surface area (TPSA) is 93.0 Å². The number of benzene rings is 2. The highest BCUT2D eigenvalue weighted by atomic mass is 16.3. The first-order valence-electron chi connectivity index (χ1n) is 7.74. The second kappa shape index (κ2) is 6.54. The Labute approximate surface area is 139 Å². The molecule has 3 rings (SSSR count). The minimum atomic E-state index is -0.542. The zero-order valence-corrected chi connectivity index (χ0v) is 13.3. The van der Waals surface area contributed by atoms with Gasteiger partial charge in [-0.25, -0.2) is 0 Å². The summed E-state index contributed by atoms with van der Waals surface area (Å²) in [6.07, 6.45) is 0.863. The molecule has 0 unspecified atom stereocenters. The van der Waals surface area contributed by atoms with Crippen LogP contribution >= 0.6 is 0 Å². The average Bonchev–Trinajstić information content (AvgIpc) is 2.86. The van der Waals surface area contributed by atoms with E-state index >= 15 is 0 Å². The predicted octanol–water partition coefficient (Wildman–Crippen LogP) is 4.26. The van der Waals surface area contributed by atoms with Gasteiger partial charge in [0.2, 0.25) is 5.88 Å². The summed E-state index contributed by atoms with van der Waals surface area (Å²) in [5, 5.41) is 19.0. The van der Waals surface area contributed by atoms with Crippen molar-refractivity contribution in [3.63, 3.8) is 0 Å². The molecule has 24 heavy (non-hydrogen) atoms. The molecule has 6 nitrogen and oxygen atoms in total. The lowest BCUT2D eigenvalue weighted by atomic mass is 10.2. The van der Waals surface area contributed by atoms with Crippen molar-refractivity contribution in [2.24, 2.45) is 10.2 Å². The first kappa shape index (κ1) is 15.7. The van der Waals surface area contributed by atoms with Gasteiger partial charge in [0.1, 0.15) is 0 Å². The van der Waals surface area contributed by atoms with E-state index in [4.69, 9.17) is 5.73 Å². The second-order valence-corrected chi connectivity index (χ2v) is 5.43. The van der Waals surface area contributed by atoms with Gasteiger partial charge >= 0.3 is 0 Å². The quantitative estimate of drug-likeness (QED) is 0.555. The van der Waals surface area contributed by atoms with Crippen LogP contribution in [0.5, 0.6) is 5.88 Å². The van der Waals surface area contributed by atoms with Gasteiger partial charge in [-0.3, -0.25) is 4.79 Å². The first-order valence-corrected chi connectivity index (χ1v) is 7.74. The zero-order chi connectivity index (χ0) is 17.1. The standard InChI is InChI=1S/C18H18N4O2/c1-2-11-22-15-10-6-4-8-13(15)16(18(22)24)20-21-17(23)12-7-3-5-9-14(12)19/h3-10,24H,2,11,19H2,1H3. The molecule has 122 valence electrons. The van der Waals surface area contributed by atoms with E-state index in [1.165, 1.54) is 0 Å². The minimum Gasteiger partial charge on any atom is -0.493 e. The molecule has 0 fully saturated rings. The highest BCUT2D eigenvalue weighted by Crippen LogP contribution is 2.39. The van der Waals surface area contributed by atoms with E-state index in [1.807, 2.05) is 31.2 Å². The van der Waals surface area contributed by atoms with E-state index in [0.29, 0.717) is 17.9 Å². The summed E-state index contributed by atoms with van der Waals surface area (Å²) in [4.78, 5) is 12.2. The summed E-state index contributed by atoms with van der Waals surface area (Å²) in [5.74, 6) is -0.532. The van der Waals surface area contributed by atoms with Gasteiger partial charge in [-0.15, -0.1) is 10.2 Å². The summed E-state index contributed by atoms with van der Waals surface area (Å²) in [7, 11) is 0. The molecule has 0 radical (unpaired) electrons. The van der Waals surface area contributed by atoms with Crippen molar-refractivity contribution >= 4 is 28.2 Å². The highest BCUT2D eigenvalue weighted by molar-refractivity contribution is 6.00. The number of fused-ring (bicyclic) bond motifs is 1. The number of aryl methyl sites for hydroxylation is 1. The number of anilines is 1. The Morgan fingerprint density at radius 1 is 1.17 bits per heavy atom. The van der Waals surface area contributed by atoms with Gasteiger partial charge in [0.05, 0.1) is 11.1 Å². The molecule has 3 N–H and O–H groups in total. The highest BCUT2D eigenvalue weighted by Gasteiger charge is 2.16. The van der Waals surface area contributed by atoms with Crippen molar-refractivity contribution in [2.75, 3.05) is 5.73 Å². The van der Waals surface area contributed by atoms with Crippen LogP contribution in [-0.4, -0.2) is 15.6 Å². The Morgan fingerprint density at radius 2 is 1.88 bits per heavy atom. The van der Waals surface area contributed by atoms with Gasteiger partial charge in [-0.1, -0.05) is 37.3 Å². The van der Waals surface area contributed by atoms with Crippen LogP contribution in [0.3, 0.4) is 0 Å². The number of nitrogens with two attached hydrogens (primary N) is 1. The molecular weight excluding hydrogens is 304 g/mol. The molecule has 1 amide bonds. The molecule has 6 heteroatoms. The Kier molecular flexibility index (Phi) is 4.29. The number of hydrogen-bond acceptors (Lipinski definition) is 4. The number of hydrogen-bond donors (Lipinski definition) is 2. The molecule has 2 aromatic carbocycles. The average molecular weight is 322 g/mol. The third-order valence-electron chi connectivity index (χ3n) is 3.80. The van der Waals surface area contributed by atoms with E-state index in [-0.39, 0.29) is 11.4 Å². The van der Waals surface area contributed by atoms with Crippen LogP contribution in [0.25, 0.3) is 10.9 Å². The number of azo groups is 1. The van der Waals surface area contributed by atoms with Crippen LogP contribution in [-0.2, 0) is 6.54 Å². The molecule has 0 bridgehead atoms. The number of rotatable bonds is 4. The lowest BCUT2D eigenvalue weighted by molar-refractivity contribution is 0.0996. The summed E-state index contributed by atoms with van der Waals surface area (Å²) in [5.41, 5.74) is 7.57. The molecule has 0 spiro atoms. The Balaban J connectivity index is 2.03. The van der Waals surface area contributed by atoms with E-state index in [1.54, 1.807) is 28.8 Å². The van der Waals surface area contributed by atoms with Gasteiger partial charge < -0.3 is 15.4 Å². The molecule has 0 aliphatic rings. The third-order valence-corrected chi connectivity index (χ3v) is 3.80. The largest absolute Gasteiger partial charge is 0.493 e. The van der Waals surface area contributed by atoms with E-state index in [2.05, 4.69) is 10.2 Å². The summed E-state index contributed by atoms with van der Waals surface area (Å²) in [6, 6.07) is 14.2. The molecule has 0 saturated heterocycles. The van der Waals surface area contributed by atoms with E-state index in [0.717, 1.165) is 17.3 Å². The van der Waals surface area contributed by atoms with Crippen LogP contribution in [0, 0.1) is 0 Å². The zero-order valence-electron chi connectivity index (χ0n) is 13.3. The Morgan fingerprint density at radius 3 is 2.62 bits per heavy atom. The number of carbonyl (C=O) groups is 1. The smallest absolute Gasteiger partial charge is 0.297 e. The number of para-hydroxylation sites is 2. The Bertz CT molecular complexity index is 928. The maximum Gasteiger partial charge on any atom is 0.297 e. The Hall–Kier alpha value is -3.15. The van der Waals surface area contributed by atoms with Gasteiger partial charge in [0.25, 0.3) is 5.91 Å². The second-order valence-electron chi connectivity index (χ2n) is 5.43. The fraction of sp³-hybridized carbons (Fsp3) is 0.167. The van der Waals surface area contributed by atoms with Crippen molar-refractivity contribution < 1.29 is 9.90 Å². The molecule has 0 aliphatic carbocycles. The maximum absolute atomic E-state index is 12.2. The van der Waals surface area contributed by atoms with Crippen molar-refractivity contribution in [3.8, 4) is 5.88 Å². The van der Waals surface area contributed by atoms with Gasteiger partial charge in [-0.05, 0) is 24.6 Å². The van der Waals surface area contributed by atoms with Crippen LogP contribution in [0.1, 0.15) is 23.7 Å². The van der Waals surface area contributed by atoms with E-state index in [9.17, 15) is 9.90 Å². The van der Waals surface area contributed by atoms with Crippen LogP contribution < -0.4 is 5.73 Å². The molecule has 1 aromatic heterocycles. The summed E-state index contributed by atoms with van der Waals surface area (Å²) < 4.78 is 1.77. The normalized spacial score (nSPS) is 11.4. The molecular formula is C18H18N4O2. The minimum absolute atomic E-state index is 0.00985. The third kappa shape index (κ3) is 2.74. The van der Waals surface area contributed by atoms with Crippen molar-refractivity contribution in [1.82, 2.24) is 4.57 Å². The fourth-order valence-corrected chi connectivity index (χ4v) is 2.66. The molecule has 3 aromatic rings. The fourth-order valence-electron chi connectivity index (χ4n) is 2.66. The number of amides is 1. The molecule has 0 atom stereocenters. The molecule has 0 saturated carbocycles. The first-order chi connectivity index (χ1) is 11.6. The number of aromatic nitrogens is 1. The molecule has 1 heterocycles. The van der Waals surface area contributed by atoms with Gasteiger partial charge in [0.15, 0.2) is 5.69 Å². The van der Waals surface area contributed by atoms with Crippen molar-refractivity contribution in [2.45, 2.75) is 19.9 Å². The predicted molar refractivity (Wildman–Crippen MR) is 93.6 cm³/mol. The summed E-state index contributed by atoms with van der Waals surface area (Å²) in [6.45, 7) is 2.68. The number of carbonyl (C=O) groups excluding carboxylic acids is 1. The van der Waals surface area contributed by atoms with E-state index < -0.39 is 5.91 Å². The van der Waals surface area contributed by atoms with Crippen molar-refractivity contribution in [3.05, 3.63) is 54.1 Å². The molecule has 0 aliphatic heterocycles. The van der Waals surface area contributed by atoms with Crippen molar-refractivity contribution in [1.29, 1.82) is 0 Å².